The summed E-state index contributed by atoms with van der Waals surface area (Å²) < 4.78 is 0. The number of aliphatic hydroxyl groups excluding tert-OH is 1. The van der Waals surface area contributed by atoms with Crippen LogP contribution in [0.1, 0.15) is 50.7 Å². The molecule has 1 amide bonds. The van der Waals surface area contributed by atoms with Gasteiger partial charge in [0.05, 0.1) is 12.1 Å². The van der Waals surface area contributed by atoms with E-state index in [0.29, 0.717) is 12.8 Å². The van der Waals surface area contributed by atoms with Gasteiger partial charge in [0.2, 0.25) is 5.91 Å². The van der Waals surface area contributed by atoms with Gasteiger partial charge in [0.25, 0.3) is 0 Å². The molecule has 1 aromatic carbocycles. The van der Waals surface area contributed by atoms with Crippen LogP contribution in [0.4, 0.5) is 0 Å². The fourth-order valence-electron chi connectivity index (χ4n) is 2.61. The minimum absolute atomic E-state index is 0.0420. The lowest BCUT2D eigenvalue weighted by Gasteiger charge is -2.25. The SMILES string of the molecule is CN(C)CCCC(=O)C(C)(C)NC(=O)CCCc1ccc(CO)cc1. The molecule has 0 atom stereocenters. The predicted molar refractivity (Wildman–Crippen MR) is 100 cm³/mol. The maximum Gasteiger partial charge on any atom is 0.220 e. The summed E-state index contributed by atoms with van der Waals surface area (Å²) in [7, 11) is 3.96. The van der Waals surface area contributed by atoms with Crippen LogP contribution in [0, 0.1) is 0 Å². The molecule has 0 saturated carbocycles. The Hall–Kier alpha value is -1.72. The third-order valence-electron chi connectivity index (χ3n) is 4.23. The van der Waals surface area contributed by atoms with Gasteiger partial charge in [-0.2, -0.15) is 0 Å². The van der Waals surface area contributed by atoms with Crippen molar-refractivity contribution < 1.29 is 14.7 Å². The second-order valence-electron chi connectivity index (χ2n) is 7.33. The summed E-state index contributed by atoms with van der Waals surface area (Å²) in [5, 5.41) is 11.9. The number of Topliss-reactive ketones (excluding diaryl/α,β-unsaturated/α-hetero) is 1. The van der Waals surface area contributed by atoms with Crippen molar-refractivity contribution >= 4 is 11.7 Å². The quantitative estimate of drug-likeness (QED) is 0.644. The molecule has 0 aliphatic rings. The van der Waals surface area contributed by atoms with E-state index in [9.17, 15) is 9.59 Å². The number of carbonyl (C=O) groups excluding carboxylic acids is 2. The summed E-state index contributed by atoms with van der Waals surface area (Å²) in [5.74, 6) is -0.0137. The van der Waals surface area contributed by atoms with Crippen molar-refractivity contribution in [3.63, 3.8) is 0 Å². The molecule has 0 heterocycles. The normalized spacial score (nSPS) is 11.6. The number of hydrogen-bond donors (Lipinski definition) is 2. The van der Waals surface area contributed by atoms with E-state index in [-0.39, 0.29) is 18.3 Å². The van der Waals surface area contributed by atoms with Crippen molar-refractivity contribution in [1.82, 2.24) is 10.2 Å². The topological polar surface area (TPSA) is 69.6 Å². The first kappa shape index (κ1) is 21.3. The number of nitrogens with zero attached hydrogens (tertiary/aromatic N) is 1. The molecule has 0 bridgehead atoms. The highest BCUT2D eigenvalue weighted by atomic mass is 16.3. The highest BCUT2D eigenvalue weighted by Gasteiger charge is 2.28. The second kappa shape index (κ2) is 10.3. The predicted octanol–water partition coefficient (Wildman–Crippen LogP) is 2.31. The van der Waals surface area contributed by atoms with Gasteiger partial charge < -0.3 is 15.3 Å². The van der Waals surface area contributed by atoms with Crippen molar-refractivity contribution in [3.05, 3.63) is 35.4 Å². The fourth-order valence-corrected chi connectivity index (χ4v) is 2.61. The summed E-state index contributed by atoms with van der Waals surface area (Å²) in [4.78, 5) is 26.5. The van der Waals surface area contributed by atoms with Crippen LogP contribution in [0.15, 0.2) is 24.3 Å². The van der Waals surface area contributed by atoms with Gasteiger partial charge in [-0.1, -0.05) is 24.3 Å². The zero-order valence-corrected chi connectivity index (χ0v) is 16.0. The molecule has 0 aliphatic carbocycles. The van der Waals surface area contributed by atoms with Gasteiger partial charge in [-0.25, -0.2) is 0 Å². The maximum atomic E-state index is 12.3. The number of aryl methyl sites for hydroxylation is 1. The molecule has 0 aromatic heterocycles. The third-order valence-corrected chi connectivity index (χ3v) is 4.23. The Morgan fingerprint density at radius 1 is 1.04 bits per heavy atom. The van der Waals surface area contributed by atoms with E-state index < -0.39 is 5.54 Å². The van der Waals surface area contributed by atoms with Crippen LogP contribution in [0.3, 0.4) is 0 Å². The molecule has 1 aromatic rings. The first-order valence-electron chi connectivity index (χ1n) is 8.92. The second-order valence-corrected chi connectivity index (χ2v) is 7.33. The molecule has 5 nitrogen and oxygen atoms in total. The Balaban J connectivity index is 2.34. The van der Waals surface area contributed by atoms with Gasteiger partial charge in [0.15, 0.2) is 5.78 Å². The lowest BCUT2D eigenvalue weighted by molar-refractivity contribution is -0.131. The first-order valence-corrected chi connectivity index (χ1v) is 8.92. The Morgan fingerprint density at radius 3 is 2.20 bits per heavy atom. The minimum Gasteiger partial charge on any atom is -0.392 e. The fraction of sp³-hybridized carbons (Fsp3) is 0.600. The van der Waals surface area contributed by atoms with Gasteiger partial charge in [0.1, 0.15) is 0 Å². The lowest BCUT2D eigenvalue weighted by Crippen LogP contribution is -2.49. The highest BCUT2D eigenvalue weighted by Crippen LogP contribution is 2.11. The average molecular weight is 348 g/mol. The number of hydrogen-bond acceptors (Lipinski definition) is 4. The van der Waals surface area contributed by atoms with Crippen molar-refractivity contribution in [2.45, 2.75) is 58.1 Å². The van der Waals surface area contributed by atoms with E-state index >= 15 is 0 Å². The van der Waals surface area contributed by atoms with Gasteiger partial charge in [-0.05, 0) is 64.9 Å². The van der Waals surface area contributed by atoms with Crippen molar-refractivity contribution in [1.29, 1.82) is 0 Å². The Labute approximate surface area is 151 Å². The summed E-state index contributed by atoms with van der Waals surface area (Å²) in [5.41, 5.74) is 1.21. The van der Waals surface area contributed by atoms with E-state index in [1.165, 1.54) is 0 Å². The average Bonchev–Trinajstić information content (AvgIpc) is 2.54. The van der Waals surface area contributed by atoms with E-state index in [4.69, 9.17) is 5.11 Å². The Kier molecular flexibility index (Phi) is 8.79. The molecular formula is C20H32N2O3. The number of nitrogens with one attached hydrogen (secondary N) is 1. The van der Waals surface area contributed by atoms with Crippen LogP contribution in [-0.2, 0) is 22.6 Å². The zero-order valence-electron chi connectivity index (χ0n) is 16.0. The van der Waals surface area contributed by atoms with Crippen molar-refractivity contribution in [2.24, 2.45) is 0 Å². The summed E-state index contributed by atoms with van der Waals surface area (Å²) in [6, 6.07) is 7.74. The number of carbonyl (C=O) groups is 2. The molecular weight excluding hydrogens is 316 g/mol. The summed E-state index contributed by atoms with van der Waals surface area (Å²) in [6.45, 7) is 4.46. The van der Waals surface area contributed by atoms with E-state index in [0.717, 1.165) is 36.9 Å². The molecule has 0 radical (unpaired) electrons. The molecule has 140 valence electrons. The monoisotopic (exact) mass is 348 g/mol. The number of amides is 1. The first-order chi connectivity index (χ1) is 11.7. The molecule has 2 N–H and O–H groups in total. The molecule has 0 unspecified atom stereocenters. The molecule has 0 fully saturated rings. The Bertz CT molecular complexity index is 551. The number of ketones is 1. The van der Waals surface area contributed by atoms with Gasteiger partial charge in [0, 0.05) is 12.8 Å². The molecule has 5 heteroatoms. The molecule has 25 heavy (non-hydrogen) atoms. The van der Waals surface area contributed by atoms with Crippen LogP contribution in [0.5, 0.6) is 0 Å². The minimum atomic E-state index is -0.813. The maximum absolute atomic E-state index is 12.3. The molecule has 0 spiro atoms. The van der Waals surface area contributed by atoms with Gasteiger partial charge in [-0.15, -0.1) is 0 Å². The highest BCUT2D eigenvalue weighted by molar-refractivity contribution is 5.92. The molecule has 1 rings (SSSR count). The lowest BCUT2D eigenvalue weighted by atomic mass is 9.95. The van der Waals surface area contributed by atoms with Crippen LogP contribution in [0.25, 0.3) is 0 Å². The largest absolute Gasteiger partial charge is 0.392 e. The van der Waals surface area contributed by atoms with Crippen LogP contribution >= 0.6 is 0 Å². The number of rotatable bonds is 11. The van der Waals surface area contributed by atoms with Gasteiger partial charge in [-0.3, -0.25) is 9.59 Å². The molecule has 0 saturated heterocycles. The van der Waals surface area contributed by atoms with Crippen molar-refractivity contribution in [3.8, 4) is 0 Å². The van der Waals surface area contributed by atoms with Crippen molar-refractivity contribution in [2.75, 3.05) is 20.6 Å². The van der Waals surface area contributed by atoms with Gasteiger partial charge >= 0.3 is 0 Å². The summed E-state index contributed by atoms with van der Waals surface area (Å²) in [6.07, 6.45) is 3.21. The van der Waals surface area contributed by atoms with E-state index in [1.54, 1.807) is 13.8 Å². The van der Waals surface area contributed by atoms with Crippen LogP contribution in [-0.4, -0.2) is 47.9 Å². The smallest absolute Gasteiger partial charge is 0.220 e. The standard InChI is InChI=1S/C20H32N2O3/c1-20(2,18(24)8-6-14-22(3)4)21-19(25)9-5-7-16-10-12-17(15-23)13-11-16/h10-13,23H,5-9,14-15H2,1-4H3,(H,21,25). The molecule has 0 aliphatic heterocycles. The zero-order chi connectivity index (χ0) is 18.9. The van der Waals surface area contributed by atoms with E-state index in [1.807, 2.05) is 43.3 Å². The number of aliphatic hydroxyl groups is 1. The van der Waals surface area contributed by atoms with E-state index in [2.05, 4.69) is 5.32 Å². The third kappa shape index (κ3) is 8.27. The number of benzene rings is 1. The van der Waals surface area contributed by atoms with Crippen LogP contribution < -0.4 is 5.32 Å². The van der Waals surface area contributed by atoms with Crippen LogP contribution in [0.2, 0.25) is 0 Å². The Morgan fingerprint density at radius 2 is 1.64 bits per heavy atom. The summed E-state index contributed by atoms with van der Waals surface area (Å²) >= 11 is 0.